The summed E-state index contributed by atoms with van der Waals surface area (Å²) in [6, 6.07) is 39.5. The van der Waals surface area contributed by atoms with Gasteiger partial charge in [0.05, 0.1) is 0 Å². The quantitative estimate of drug-likeness (QED) is 0.261. The first-order valence-electron chi connectivity index (χ1n) is 9.06. The van der Waals surface area contributed by atoms with Crippen molar-refractivity contribution in [2.45, 2.75) is 0 Å². The van der Waals surface area contributed by atoms with E-state index in [1.54, 1.807) is 0 Å². The summed E-state index contributed by atoms with van der Waals surface area (Å²) in [6.45, 7) is 14.9. The molecule has 0 N–H and O–H groups in total. The Labute approximate surface area is 189 Å². The van der Waals surface area contributed by atoms with Gasteiger partial charge in [-0.15, -0.1) is 48.5 Å². The van der Waals surface area contributed by atoms with Gasteiger partial charge in [-0.05, 0) is 0 Å². The predicted octanol–water partition coefficient (Wildman–Crippen LogP) is 7.47. The molecular formula is C28H28V. The average Bonchev–Trinajstić information content (AvgIpc) is 2.72. The van der Waals surface area contributed by atoms with Gasteiger partial charge in [-0.3, -0.25) is 0 Å². The smallest absolute Gasteiger partial charge is 0.199 e. The summed E-state index contributed by atoms with van der Waals surface area (Å²) in [4.78, 5) is 0. The average molecular weight is 415 g/mol. The molecule has 0 aromatic heterocycles. The van der Waals surface area contributed by atoms with E-state index in [0.717, 1.165) is 22.3 Å². The van der Waals surface area contributed by atoms with Crippen LogP contribution in [-0.2, 0) is 18.6 Å². The minimum Gasteiger partial charge on any atom is -0.199 e. The molecule has 0 saturated heterocycles. The molecule has 0 unspecified atom stereocenters. The summed E-state index contributed by atoms with van der Waals surface area (Å²) in [5, 5.41) is 0. The number of hydrogen-bond acceptors (Lipinski definition) is 0. The second-order valence-corrected chi connectivity index (χ2v) is 5.94. The van der Waals surface area contributed by atoms with Crippen molar-refractivity contribution in [3.8, 4) is 0 Å². The van der Waals surface area contributed by atoms with Gasteiger partial charge >= 0.3 is 18.6 Å². The fourth-order valence-corrected chi connectivity index (χ4v) is 1.91. The van der Waals surface area contributed by atoms with Gasteiger partial charge < -0.3 is 0 Å². The molecule has 0 aliphatic heterocycles. The number of rotatable bonds is 0. The van der Waals surface area contributed by atoms with Gasteiger partial charge in [0.15, 0.2) is 0 Å². The molecule has 4 aromatic carbocycles. The first kappa shape index (κ1) is 25.9. The molecular weight excluding hydrogens is 387 g/mol. The van der Waals surface area contributed by atoms with Crippen LogP contribution in [-0.4, -0.2) is 0 Å². The van der Waals surface area contributed by atoms with Crippen molar-refractivity contribution in [3.63, 3.8) is 0 Å². The van der Waals surface area contributed by atoms with E-state index in [4.69, 9.17) is 0 Å². The Morgan fingerprint density at radius 2 is 0.414 bits per heavy atom. The molecule has 29 heavy (non-hydrogen) atoms. The van der Waals surface area contributed by atoms with E-state index in [1.165, 1.54) is 0 Å². The summed E-state index contributed by atoms with van der Waals surface area (Å²) < 4.78 is 0. The maximum atomic E-state index is 3.72. The summed E-state index contributed by atoms with van der Waals surface area (Å²) in [5.41, 5.74) is 4.29. The fourth-order valence-electron chi connectivity index (χ4n) is 1.91. The zero-order valence-electron chi connectivity index (χ0n) is 16.8. The second kappa shape index (κ2) is 17.1. The molecule has 145 valence electrons. The first-order valence-corrected chi connectivity index (χ1v) is 9.06. The molecule has 1 heteroatoms. The molecule has 0 amide bonds. The van der Waals surface area contributed by atoms with Crippen molar-refractivity contribution in [1.82, 2.24) is 0 Å². The van der Waals surface area contributed by atoms with E-state index in [0.29, 0.717) is 0 Å². The molecule has 0 atom stereocenters. The zero-order chi connectivity index (χ0) is 20.5. The van der Waals surface area contributed by atoms with Crippen LogP contribution in [0.5, 0.6) is 0 Å². The van der Waals surface area contributed by atoms with Gasteiger partial charge in [0.25, 0.3) is 0 Å². The molecule has 0 saturated carbocycles. The van der Waals surface area contributed by atoms with Crippen LogP contribution in [0.2, 0.25) is 0 Å². The van der Waals surface area contributed by atoms with E-state index < -0.39 is 0 Å². The summed E-state index contributed by atoms with van der Waals surface area (Å²) in [6.07, 6.45) is 0. The van der Waals surface area contributed by atoms with Gasteiger partial charge in [0.2, 0.25) is 0 Å². The molecule has 0 bridgehead atoms. The Morgan fingerprint density at radius 3 is 0.483 bits per heavy atom. The van der Waals surface area contributed by atoms with Crippen molar-refractivity contribution in [2.24, 2.45) is 0 Å². The fraction of sp³-hybridized carbons (Fsp3) is 0. The van der Waals surface area contributed by atoms with E-state index in [1.807, 2.05) is 121 Å². The van der Waals surface area contributed by atoms with Crippen molar-refractivity contribution < 1.29 is 18.6 Å². The van der Waals surface area contributed by atoms with Gasteiger partial charge in [0.1, 0.15) is 0 Å². The van der Waals surface area contributed by atoms with Crippen molar-refractivity contribution in [2.75, 3.05) is 0 Å². The largest absolute Gasteiger partial charge is 4.00 e. The number of benzene rings is 4. The molecule has 0 spiro atoms. The zero-order valence-corrected chi connectivity index (χ0v) is 18.2. The van der Waals surface area contributed by atoms with E-state index >= 15 is 0 Å². The molecule has 0 aliphatic carbocycles. The molecule has 0 nitrogen and oxygen atoms in total. The molecule has 0 heterocycles. The van der Waals surface area contributed by atoms with Crippen LogP contribution in [0.25, 0.3) is 0 Å². The molecule has 0 fully saturated rings. The summed E-state index contributed by atoms with van der Waals surface area (Å²) in [5.74, 6) is 0. The van der Waals surface area contributed by atoms with Crippen LogP contribution < -0.4 is 0 Å². The van der Waals surface area contributed by atoms with Crippen molar-refractivity contribution in [1.29, 1.82) is 0 Å². The van der Waals surface area contributed by atoms with Gasteiger partial charge in [0, 0.05) is 0 Å². The topological polar surface area (TPSA) is 0 Å². The van der Waals surface area contributed by atoms with Crippen LogP contribution in [0.15, 0.2) is 121 Å². The number of hydrogen-bond donors (Lipinski definition) is 0. The Hall–Kier alpha value is -3.06. The summed E-state index contributed by atoms with van der Waals surface area (Å²) in [7, 11) is 0. The Morgan fingerprint density at radius 1 is 0.276 bits per heavy atom. The maximum absolute atomic E-state index is 3.72. The van der Waals surface area contributed by atoms with Gasteiger partial charge in [-0.2, -0.15) is 98.5 Å². The van der Waals surface area contributed by atoms with E-state index in [9.17, 15) is 0 Å². The monoisotopic (exact) mass is 415 g/mol. The third-order valence-electron chi connectivity index (χ3n) is 3.37. The van der Waals surface area contributed by atoms with Crippen LogP contribution in [0, 0.1) is 27.7 Å². The Balaban J connectivity index is 0.000000356. The standard InChI is InChI=1S/4C7H7.V/c4*1-7-5-3-2-4-6-7;/h4*2-6H,1H2;/q4*-1;+4. The minimum atomic E-state index is 0. The second-order valence-electron chi connectivity index (χ2n) is 5.94. The van der Waals surface area contributed by atoms with Crippen LogP contribution in [0.1, 0.15) is 22.3 Å². The molecule has 0 aliphatic rings. The first-order chi connectivity index (χ1) is 13.6. The third-order valence-corrected chi connectivity index (χ3v) is 3.37. The van der Waals surface area contributed by atoms with E-state index in [2.05, 4.69) is 27.7 Å². The molecule has 4 aromatic rings. The maximum Gasteiger partial charge on any atom is 4.00 e. The van der Waals surface area contributed by atoms with Crippen molar-refractivity contribution >= 4 is 0 Å². The minimum absolute atomic E-state index is 0. The van der Waals surface area contributed by atoms with Gasteiger partial charge in [-0.1, -0.05) is 24.3 Å². The molecule has 1 radical (unpaired) electrons. The Bertz CT molecular complexity index is 676. The van der Waals surface area contributed by atoms with Crippen molar-refractivity contribution in [3.05, 3.63) is 171 Å². The van der Waals surface area contributed by atoms with E-state index in [-0.39, 0.29) is 18.6 Å². The van der Waals surface area contributed by atoms with Gasteiger partial charge in [-0.25, -0.2) is 0 Å². The summed E-state index contributed by atoms with van der Waals surface area (Å²) >= 11 is 0. The SMILES string of the molecule is [CH2-]c1ccccc1.[CH2-]c1ccccc1.[CH2-]c1ccccc1.[CH2-]c1ccccc1.[V+4]. The van der Waals surface area contributed by atoms with Crippen LogP contribution in [0.3, 0.4) is 0 Å². The normalized spacial score (nSPS) is 8.28. The predicted molar refractivity (Wildman–Crippen MR) is 124 cm³/mol. The Kier molecular flexibility index (Phi) is 15.3. The third kappa shape index (κ3) is 15.7. The van der Waals surface area contributed by atoms with Crippen LogP contribution in [0.4, 0.5) is 0 Å². The van der Waals surface area contributed by atoms with Crippen LogP contribution >= 0.6 is 0 Å². The molecule has 4 rings (SSSR count).